The van der Waals surface area contributed by atoms with Crippen molar-refractivity contribution in [1.82, 2.24) is 4.98 Å². The Balaban J connectivity index is 1.63. The molecule has 1 aliphatic rings. The van der Waals surface area contributed by atoms with E-state index in [9.17, 15) is 4.79 Å². The third kappa shape index (κ3) is 2.57. The van der Waals surface area contributed by atoms with Gasteiger partial charge in [-0.05, 0) is 30.0 Å². The number of hydrogen-bond donors (Lipinski definition) is 2. The summed E-state index contributed by atoms with van der Waals surface area (Å²) < 4.78 is 0. The van der Waals surface area contributed by atoms with Crippen LogP contribution in [0.15, 0.2) is 48.7 Å². The molecule has 1 aromatic heterocycles. The maximum atomic E-state index is 12.0. The van der Waals surface area contributed by atoms with E-state index in [2.05, 4.69) is 22.4 Å². The van der Waals surface area contributed by atoms with E-state index in [-0.39, 0.29) is 17.6 Å². The minimum absolute atomic E-state index is 0.00737. The SMILES string of the molecule is O=C(Nc1ccc(O)cn1)[C@@H]1C[C@H]1c1ccccc1. The predicted molar refractivity (Wildman–Crippen MR) is 71.8 cm³/mol. The highest BCUT2D eigenvalue weighted by molar-refractivity contribution is 5.94. The summed E-state index contributed by atoms with van der Waals surface area (Å²) in [5, 5.41) is 11.9. The minimum atomic E-state index is -0.00737. The van der Waals surface area contributed by atoms with Crippen molar-refractivity contribution in [2.75, 3.05) is 5.32 Å². The number of rotatable bonds is 3. The second kappa shape index (κ2) is 4.72. The number of nitrogens with one attached hydrogen (secondary N) is 1. The first-order valence-corrected chi connectivity index (χ1v) is 6.25. The van der Waals surface area contributed by atoms with Gasteiger partial charge in [0.1, 0.15) is 11.6 Å². The van der Waals surface area contributed by atoms with E-state index in [0.717, 1.165) is 6.42 Å². The van der Waals surface area contributed by atoms with Crippen molar-refractivity contribution >= 4 is 11.7 Å². The summed E-state index contributed by atoms with van der Waals surface area (Å²) in [5.74, 6) is 0.899. The number of anilines is 1. The van der Waals surface area contributed by atoms with E-state index in [1.54, 1.807) is 6.07 Å². The number of hydrogen-bond acceptors (Lipinski definition) is 3. The van der Waals surface area contributed by atoms with Gasteiger partial charge in [0.2, 0.25) is 5.91 Å². The third-order valence-corrected chi connectivity index (χ3v) is 3.35. The number of pyridine rings is 1. The van der Waals surface area contributed by atoms with E-state index in [4.69, 9.17) is 5.11 Å². The highest BCUT2D eigenvalue weighted by Crippen LogP contribution is 2.47. The Kier molecular flexibility index (Phi) is 2.91. The van der Waals surface area contributed by atoms with Crippen LogP contribution in [0.3, 0.4) is 0 Å². The monoisotopic (exact) mass is 254 g/mol. The molecular weight excluding hydrogens is 240 g/mol. The smallest absolute Gasteiger partial charge is 0.229 e. The van der Waals surface area contributed by atoms with Crippen LogP contribution < -0.4 is 5.32 Å². The molecule has 4 heteroatoms. The van der Waals surface area contributed by atoms with Crippen LogP contribution in [0.25, 0.3) is 0 Å². The molecule has 19 heavy (non-hydrogen) atoms. The normalized spacial score (nSPS) is 20.8. The second-order valence-corrected chi connectivity index (χ2v) is 4.75. The van der Waals surface area contributed by atoms with E-state index >= 15 is 0 Å². The Morgan fingerprint density at radius 2 is 2.00 bits per heavy atom. The molecule has 0 spiro atoms. The topological polar surface area (TPSA) is 62.2 Å². The minimum Gasteiger partial charge on any atom is -0.506 e. The highest BCUT2D eigenvalue weighted by Gasteiger charge is 2.43. The molecule has 1 amide bonds. The highest BCUT2D eigenvalue weighted by atomic mass is 16.3. The quantitative estimate of drug-likeness (QED) is 0.884. The molecule has 0 bridgehead atoms. The standard InChI is InChI=1S/C15H14N2O2/c18-11-6-7-14(16-9-11)17-15(19)13-8-12(13)10-4-2-1-3-5-10/h1-7,9,12-13,18H,8H2,(H,16,17,19)/t12-,13+/m0/s1. The summed E-state index contributed by atoms with van der Waals surface area (Å²) in [5.41, 5.74) is 1.21. The molecule has 3 rings (SSSR count). The number of amides is 1. The van der Waals surface area contributed by atoms with Crippen molar-refractivity contribution < 1.29 is 9.90 Å². The lowest BCUT2D eigenvalue weighted by Gasteiger charge is -2.04. The van der Waals surface area contributed by atoms with Crippen molar-refractivity contribution in [2.45, 2.75) is 12.3 Å². The van der Waals surface area contributed by atoms with Crippen molar-refractivity contribution in [3.05, 3.63) is 54.2 Å². The van der Waals surface area contributed by atoms with Gasteiger partial charge in [-0.3, -0.25) is 4.79 Å². The first-order chi connectivity index (χ1) is 9.24. The maximum Gasteiger partial charge on any atom is 0.229 e. The van der Waals surface area contributed by atoms with Gasteiger partial charge in [-0.1, -0.05) is 30.3 Å². The van der Waals surface area contributed by atoms with Gasteiger partial charge in [0.25, 0.3) is 0 Å². The van der Waals surface area contributed by atoms with Gasteiger partial charge < -0.3 is 10.4 Å². The first kappa shape index (κ1) is 11.7. The van der Waals surface area contributed by atoms with Gasteiger partial charge in [-0.25, -0.2) is 4.98 Å². The van der Waals surface area contributed by atoms with Gasteiger partial charge in [-0.2, -0.15) is 0 Å². The molecule has 2 aromatic rings. The fraction of sp³-hybridized carbons (Fsp3) is 0.200. The molecule has 4 nitrogen and oxygen atoms in total. The van der Waals surface area contributed by atoms with Crippen molar-refractivity contribution in [3.8, 4) is 5.75 Å². The van der Waals surface area contributed by atoms with Crippen LogP contribution in [-0.4, -0.2) is 16.0 Å². The Bertz CT molecular complexity index is 581. The van der Waals surface area contributed by atoms with Crippen LogP contribution in [0.5, 0.6) is 5.75 Å². The Morgan fingerprint density at radius 3 is 2.68 bits per heavy atom. The Morgan fingerprint density at radius 1 is 1.21 bits per heavy atom. The molecule has 0 saturated heterocycles. The number of benzene rings is 1. The molecule has 1 saturated carbocycles. The van der Waals surface area contributed by atoms with Gasteiger partial charge in [0.15, 0.2) is 0 Å². The average Bonchev–Trinajstić information content (AvgIpc) is 3.23. The lowest BCUT2D eigenvalue weighted by Crippen LogP contribution is -2.15. The van der Waals surface area contributed by atoms with Crippen LogP contribution in [0.4, 0.5) is 5.82 Å². The summed E-state index contributed by atoms with van der Waals surface area (Å²) in [6.07, 6.45) is 2.20. The molecule has 0 radical (unpaired) electrons. The lowest BCUT2D eigenvalue weighted by molar-refractivity contribution is -0.117. The Labute approximate surface area is 111 Å². The molecule has 1 aromatic carbocycles. The molecule has 1 aliphatic carbocycles. The summed E-state index contributed by atoms with van der Waals surface area (Å²) in [7, 11) is 0. The molecule has 0 aliphatic heterocycles. The molecule has 96 valence electrons. The van der Waals surface area contributed by atoms with Gasteiger partial charge in [0.05, 0.1) is 6.20 Å². The molecule has 0 unspecified atom stereocenters. The van der Waals surface area contributed by atoms with Gasteiger partial charge in [0, 0.05) is 5.92 Å². The average molecular weight is 254 g/mol. The van der Waals surface area contributed by atoms with Crippen LogP contribution in [0, 0.1) is 5.92 Å². The number of aromatic hydroxyl groups is 1. The zero-order chi connectivity index (χ0) is 13.2. The van der Waals surface area contributed by atoms with Crippen molar-refractivity contribution in [1.29, 1.82) is 0 Å². The van der Waals surface area contributed by atoms with E-state index < -0.39 is 0 Å². The maximum absolute atomic E-state index is 12.0. The van der Waals surface area contributed by atoms with Crippen LogP contribution in [-0.2, 0) is 4.79 Å². The van der Waals surface area contributed by atoms with E-state index in [1.165, 1.54) is 17.8 Å². The number of carbonyl (C=O) groups is 1. The van der Waals surface area contributed by atoms with Crippen molar-refractivity contribution in [2.24, 2.45) is 5.92 Å². The van der Waals surface area contributed by atoms with Crippen molar-refractivity contribution in [3.63, 3.8) is 0 Å². The van der Waals surface area contributed by atoms with Gasteiger partial charge >= 0.3 is 0 Å². The second-order valence-electron chi connectivity index (χ2n) is 4.75. The van der Waals surface area contributed by atoms with Crippen LogP contribution in [0.1, 0.15) is 17.9 Å². The summed E-state index contributed by atoms with van der Waals surface area (Å²) >= 11 is 0. The number of carbonyl (C=O) groups excluding carboxylic acids is 1. The summed E-state index contributed by atoms with van der Waals surface area (Å²) in [6.45, 7) is 0. The molecule has 2 atom stereocenters. The van der Waals surface area contributed by atoms with Crippen LogP contribution in [0.2, 0.25) is 0 Å². The fourth-order valence-electron chi connectivity index (χ4n) is 2.23. The van der Waals surface area contributed by atoms with Crippen LogP contribution >= 0.6 is 0 Å². The number of aromatic nitrogens is 1. The summed E-state index contributed by atoms with van der Waals surface area (Å²) in [4.78, 5) is 16.0. The molecule has 1 fully saturated rings. The largest absolute Gasteiger partial charge is 0.506 e. The number of nitrogens with zero attached hydrogens (tertiary/aromatic N) is 1. The zero-order valence-corrected chi connectivity index (χ0v) is 10.3. The lowest BCUT2D eigenvalue weighted by atomic mass is 10.1. The predicted octanol–water partition coefficient (Wildman–Crippen LogP) is 2.53. The fourth-order valence-corrected chi connectivity index (χ4v) is 2.23. The Hall–Kier alpha value is -2.36. The molecule has 1 heterocycles. The van der Waals surface area contributed by atoms with Gasteiger partial charge in [-0.15, -0.1) is 0 Å². The first-order valence-electron chi connectivity index (χ1n) is 6.25. The summed E-state index contributed by atoms with van der Waals surface area (Å²) in [6, 6.07) is 13.2. The van der Waals surface area contributed by atoms with E-state index in [1.807, 2.05) is 18.2 Å². The third-order valence-electron chi connectivity index (χ3n) is 3.35. The zero-order valence-electron chi connectivity index (χ0n) is 10.3. The van der Waals surface area contributed by atoms with E-state index in [0.29, 0.717) is 11.7 Å². The molecular formula is C15H14N2O2. The molecule has 2 N–H and O–H groups in total.